The lowest BCUT2D eigenvalue weighted by Crippen LogP contribution is -2.50. The molecule has 6 saturated heterocycles. The van der Waals surface area contributed by atoms with Crippen LogP contribution in [0.15, 0.2) is 55.0 Å². The summed E-state index contributed by atoms with van der Waals surface area (Å²) >= 11 is 6.90. The zero-order valence-corrected chi connectivity index (χ0v) is 73.5. The average molecular weight is 1760 g/mol. The van der Waals surface area contributed by atoms with E-state index in [0.717, 1.165) is 132 Å². The first-order valence-corrected chi connectivity index (χ1v) is 43.2. The van der Waals surface area contributed by atoms with Crippen molar-refractivity contribution >= 4 is 118 Å². The van der Waals surface area contributed by atoms with Crippen LogP contribution in [0.2, 0.25) is 0 Å². The normalized spacial score (nSPS) is 21.4. The number of pyridine rings is 3. The summed E-state index contributed by atoms with van der Waals surface area (Å²) in [4.78, 5) is 73.6. The van der Waals surface area contributed by atoms with Crippen LogP contribution in [0.5, 0.6) is 17.6 Å². The van der Waals surface area contributed by atoms with Crippen molar-refractivity contribution < 1.29 is 67.1 Å². The second kappa shape index (κ2) is 36.9. The van der Waals surface area contributed by atoms with Crippen molar-refractivity contribution in [1.29, 1.82) is 0 Å². The molecule has 9 aromatic rings. The number of hydrogen-bond acceptors (Lipinski definition) is 29. The van der Waals surface area contributed by atoms with Crippen molar-refractivity contribution in [3.63, 3.8) is 0 Å². The largest absolute Gasteiger partial charge is 0.494 e. The van der Waals surface area contributed by atoms with Gasteiger partial charge in [-0.3, -0.25) is 0 Å². The molecule has 0 bridgehead atoms. The van der Waals surface area contributed by atoms with Crippen LogP contribution in [0.1, 0.15) is 179 Å². The lowest BCUT2D eigenvalue weighted by atomic mass is 9.80. The van der Waals surface area contributed by atoms with Gasteiger partial charge >= 0.3 is 25.4 Å². The molecule has 15 rings (SSSR count). The standard InChI is InChI=1S/2C26H36N6O4S.C16H22IN5O3S.C10H16BNO3/c2*1-7-34-22-16(8-9-18(28-22)15(2)3)20-12-27-23-32(20)30-24(37-23)31-13-17-19(10-11-35-21(17)14-31)29-25(33)36-26(4,5)6;1-16(2,3)25-15(23)19-10-4-5-24-11-8-21(7-9(10)11)14-20-22-12(17)6-18-13(22)26-14;1-4-15-10-8(11(13)14)5-6-9(12-10)7(2)3/h2*8-9,12,15,17,19,21H,7,10-11,13-14H2,1-6H3,(H,29,33);6,9-11H,4-5,7-8H2,1-3H3,(H,19,23);5-7,13-14H,4H2,1-3H3/t2*17-,19+,21-;9-,10+,11-;/m101./s1. The molecular formula is C78H110BIN18O14S3. The smallest absolute Gasteiger partial charge is 0.478 e. The third kappa shape index (κ3) is 21.3. The predicted molar refractivity (Wildman–Crippen MR) is 451 cm³/mol. The van der Waals surface area contributed by atoms with Crippen LogP contribution in [0.25, 0.3) is 37.4 Å². The van der Waals surface area contributed by atoms with Crippen LogP contribution in [0, 0.1) is 21.5 Å². The Hall–Kier alpha value is -8.05. The Morgan fingerprint density at radius 2 is 0.809 bits per heavy atom. The van der Waals surface area contributed by atoms with E-state index >= 15 is 0 Å². The monoisotopic (exact) mass is 1760 g/mol. The fourth-order valence-corrected chi connectivity index (χ4v) is 17.9. The maximum atomic E-state index is 12.4. The minimum absolute atomic E-state index is 0.00231. The third-order valence-electron chi connectivity index (χ3n) is 20.0. The van der Waals surface area contributed by atoms with Gasteiger partial charge in [0.15, 0.2) is 0 Å². The van der Waals surface area contributed by atoms with Crippen LogP contribution in [-0.4, -0.2) is 226 Å². The van der Waals surface area contributed by atoms with E-state index in [1.54, 1.807) is 46.1 Å². The van der Waals surface area contributed by atoms with Gasteiger partial charge < -0.3 is 83.3 Å². The van der Waals surface area contributed by atoms with E-state index in [9.17, 15) is 14.4 Å². The number of amides is 3. The average Bonchev–Trinajstić information content (AvgIpc) is 1.62. The summed E-state index contributed by atoms with van der Waals surface area (Å²) in [5, 5.41) is 44.6. The van der Waals surface area contributed by atoms with E-state index in [4.69, 9.17) is 72.8 Å². The van der Waals surface area contributed by atoms with Gasteiger partial charge in [0.1, 0.15) is 20.5 Å². The van der Waals surface area contributed by atoms with E-state index in [0.29, 0.717) is 74.6 Å². The molecule has 6 aliphatic rings. The molecule has 0 spiro atoms. The summed E-state index contributed by atoms with van der Waals surface area (Å²) < 4.78 is 58.2. The molecule has 624 valence electrons. The first kappa shape index (κ1) is 86.3. The quantitative estimate of drug-likeness (QED) is 0.0303. The zero-order chi connectivity index (χ0) is 82.5. The Labute approximate surface area is 697 Å². The maximum absolute atomic E-state index is 12.4. The highest BCUT2D eigenvalue weighted by Gasteiger charge is 2.47. The van der Waals surface area contributed by atoms with Gasteiger partial charge in [0.05, 0.1) is 79.2 Å². The number of alkyl carbamates (subject to hydrolysis) is 3. The van der Waals surface area contributed by atoms with Gasteiger partial charge in [-0.1, -0.05) is 81.6 Å². The summed E-state index contributed by atoms with van der Waals surface area (Å²) in [6, 6.07) is 11.6. The van der Waals surface area contributed by atoms with Crippen LogP contribution < -0.4 is 50.3 Å². The third-order valence-corrected chi connectivity index (χ3v) is 23.7. The van der Waals surface area contributed by atoms with Crippen molar-refractivity contribution in [3.05, 3.63) is 75.8 Å². The molecule has 6 fully saturated rings. The summed E-state index contributed by atoms with van der Waals surface area (Å²) in [5.41, 5.74) is 5.04. The molecule has 6 aliphatic heterocycles. The van der Waals surface area contributed by atoms with Crippen molar-refractivity contribution in [2.24, 2.45) is 17.8 Å². The molecular weight excluding hydrogens is 1650 g/mol. The molecule has 32 nitrogen and oxygen atoms in total. The number of ether oxygens (including phenoxy) is 9. The van der Waals surface area contributed by atoms with E-state index in [2.05, 4.69) is 106 Å². The fraction of sp³-hybridized carbons (Fsp3) is 0.615. The Morgan fingerprint density at radius 1 is 0.487 bits per heavy atom. The molecule has 0 radical (unpaired) electrons. The molecule has 5 N–H and O–H groups in total. The van der Waals surface area contributed by atoms with Crippen molar-refractivity contribution in [2.75, 3.05) is 93.6 Å². The molecule has 0 saturated carbocycles. The predicted octanol–water partition coefficient (Wildman–Crippen LogP) is 11.8. The number of imidazole rings is 3. The Bertz CT molecular complexity index is 4610. The first-order chi connectivity index (χ1) is 54.6. The Morgan fingerprint density at radius 3 is 1.14 bits per heavy atom. The van der Waals surface area contributed by atoms with E-state index in [1.165, 1.54) is 0 Å². The maximum Gasteiger partial charge on any atom is 0.494 e. The summed E-state index contributed by atoms with van der Waals surface area (Å²) in [6.07, 6.45) is 6.83. The summed E-state index contributed by atoms with van der Waals surface area (Å²) in [7, 11) is -1.54. The summed E-state index contributed by atoms with van der Waals surface area (Å²) in [6.45, 7) is 43.0. The van der Waals surface area contributed by atoms with E-state index in [-0.39, 0.29) is 78.4 Å². The molecule has 0 unspecified atom stereocenters. The van der Waals surface area contributed by atoms with Crippen LogP contribution >= 0.6 is 56.6 Å². The highest BCUT2D eigenvalue weighted by Crippen LogP contribution is 2.41. The van der Waals surface area contributed by atoms with Crippen molar-refractivity contribution in [3.8, 4) is 40.2 Å². The molecule has 0 aliphatic carbocycles. The van der Waals surface area contributed by atoms with Gasteiger partial charge in [0, 0.05) is 118 Å². The molecule has 115 heavy (non-hydrogen) atoms. The highest BCUT2D eigenvalue weighted by molar-refractivity contribution is 14.1. The van der Waals surface area contributed by atoms with Crippen molar-refractivity contribution in [1.82, 2.24) is 74.7 Å². The lowest BCUT2D eigenvalue weighted by molar-refractivity contribution is -0.0205. The molecule has 9 aromatic heterocycles. The number of fused-ring (bicyclic) bond motifs is 6. The highest BCUT2D eigenvalue weighted by atomic mass is 127. The number of carbonyl (C=O) groups excluding carboxylic acids is 3. The second-order valence-corrected chi connectivity index (χ2v) is 37.0. The lowest BCUT2D eigenvalue weighted by Gasteiger charge is -2.33. The molecule has 0 aromatic carbocycles. The number of carbonyl (C=O) groups is 3. The minimum Gasteiger partial charge on any atom is -0.478 e. The van der Waals surface area contributed by atoms with Crippen LogP contribution in [-0.2, 0) is 28.4 Å². The number of hydrogen-bond donors (Lipinski definition) is 5. The zero-order valence-electron chi connectivity index (χ0n) is 68.9. The number of aromatic nitrogens is 12. The van der Waals surface area contributed by atoms with Gasteiger partial charge in [-0.15, -0.1) is 15.3 Å². The molecule has 37 heteroatoms. The van der Waals surface area contributed by atoms with E-state index < -0.39 is 23.9 Å². The number of nitrogens with zero attached hydrogens (tertiary/aromatic N) is 15. The number of nitrogens with one attached hydrogen (secondary N) is 3. The molecule has 3 amide bonds. The Kier molecular flexibility index (Phi) is 27.7. The van der Waals surface area contributed by atoms with Gasteiger partial charge in [0.2, 0.25) is 47.9 Å². The number of anilines is 3. The van der Waals surface area contributed by atoms with Crippen LogP contribution in [0.3, 0.4) is 0 Å². The number of rotatable bonds is 18. The second-order valence-electron chi connectivity index (χ2n) is 33.1. The van der Waals surface area contributed by atoms with Gasteiger partial charge in [-0.05, 0) is 173 Å². The topological polar surface area (TPSA) is 350 Å². The van der Waals surface area contributed by atoms with Crippen LogP contribution in [0.4, 0.5) is 29.8 Å². The van der Waals surface area contributed by atoms with Gasteiger partial charge in [-0.25, -0.2) is 53.3 Å². The van der Waals surface area contributed by atoms with Gasteiger partial charge in [-0.2, -0.15) is 4.52 Å². The minimum atomic E-state index is -1.54. The van der Waals surface area contributed by atoms with E-state index in [1.807, 2.05) is 153 Å². The van der Waals surface area contributed by atoms with Gasteiger partial charge in [0.25, 0.3) is 0 Å². The summed E-state index contributed by atoms with van der Waals surface area (Å²) in [5.74, 6) is 2.95. The molecule has 15 heterocycles. The number of halogens is 1. The first-order valence-electron chi connectivity index (χ1n) is 39.7. The SMILES string of the molecule is CC(C)(C)OC(=O)N[C@H]1CCO[C@@H]2CN(c3nn4c(I)cnc4s3)C[C@H]12.CCOc1nc(C(C)C)ccc1-c1cnc2sc(N3C[C@@H]4[C@@H](NC(=O)OC(C)(C)C)CCO[C@@H]4C3)nn12.CCOc1nc(C(C)C)ccc1-c1cnc2sc(N3C[C@@H]4[C@H](C3)OCC[C@H]4NC(=O)OC(C)(C)C)nn12.CCOc1nc(C(C)C)ccc1B(O)O. The Balaban J connectivity index is 0.000000148. The molecule has 9 atom stereocenters. The fourth-order valence-electron chi connectivity index (χ4n) is 14.6. The van der Waals surface area contributed by atoms with Crippen molar-refractivity contribution in [2.45, 2.75) is 215 Å².